The van der Waals surface area contributed by atoms with Crippen LogP contribution in [-0.4, -0.2) is 5.11 Å². The van der Waals surface area contributed by atoms with E-state index in [0.717, 1.165) is 16.7 Å². The largest absolute Gasteiger partial charge is 0.392 e. The van der Waals surface area contributed by atoms with E-state index in [2.05, 4.69) is 11.8 Å². The number of aliphatic hydroxyl groups is 1. The van der Waals surface area contributed by atoms with Crippen LogP contribution in [0.2, 0.25) is 0 Å². The first-order valence-corrected chi connectivity index (χ1v) is 5.16. The van der Waals surface area contributed by atoms with Crippen molar-refractivity contribution < 1.29 is 5.11 Å². The SMILES string of the molecule is OCc1ccccc1C#Cc1ccccc1. The maximum absolute atomic E-state index is 9.15. The average molecular weight is 208 g/mol. The van der Waals surface area contributed by atoms with Gasteiger partial charge in [-0.1, -0.05) is 48.2 Å². The Labute approximate surface area is 95.4 Å². The van der Waals surface area contributed by atoms with Gasteiger partial charge in [0.15, 0.2) is 0 Å². The summed E-state index contributed by atoms with van der Waals surface area (Å²) < 4.78 is 0. The van der Waals surface area contributed by atoms with E-state index >= 15 is 0 Å². The minimum absolute atomic E-state index is 0.0274. The van der Waals surface area contributed by atoms with Crippen LogP contribution in [0.15, 0.2) is 54.6 Å². The molecule has 0 spiro atoms. The number of aliphatic hydroxyl groups excluding tert-OH is 1. The lowest BCUT2D eigenvalue weighted by molar-refractivity contribution is 0.281. The molecule has 0 bridgehead atoms. The summed E-state index contributed by atoms with van der Waals surface area (Å²) in [7, 11) is 0. The maximum Gasteiger partial charge on any atom is 0.0694 e. The molecule has 0 atom stereocenters. The third-order valence-electron chi connectivity index (χ3n) is 2.30. The lowest BCUT2D eigenvalue weighted by Gasteiger charge is -1.98. The Balaban J connectivity index is 2.31. The monoisotopic (exact) mass is 208 g/mol. The lowest BCUT2D eigenvalue weighted by atomic mass is 10.1. The topological polar surface area (TPSA) is 20.2 Å². The summed E-state index contributed by atoms with van der Waals surface area (Å²) in [6.07, 6.45) is 0. The van der Waals surface area contributed by atoms with Gasteiger partial charge in [-0.05, 0) is 23.8 Å². The van der Waals surface area contributed by atoms with Crippen molar-refractivity contribution in [2.45, 2.75) is 6.61 Å². The summed E-state index contributed by atoms with van der Waals surface area (Å²) in [5.41, 5.74) is 2.73. The molecular formula is C15H12O. The third-order valence-corrected chi connectivity index (χ3v) is 2.30. The van der Waals surface area contributed by atoms with Gasteiger partial charge in [0.2, 0.25) is 0 Å². The fourth-order valence-corrected chi connectivity index (χ4v) is 1.44. The minimum atomic E-state index is 0.0274. The Kier molecular flexibility index (Phi) is 3.38. The highest BCUT2D eigenvalue weighted by Gasteiger charge is 1.95. The quantitative estimate of drug-likeness (QED) is 0.714. The third kappa shape index (κ3) is 2.50. The van der Waals surface area contributed by atoms with Gasteiger partial charge in [-0.3, -0.25) is 0 Å². The zero-order valence-corrected chi connectivity index (χ0v) is 8.85. The van der Waals surface area contributed by atoms with E-state index in [1.165, 1.54) is 0 Å². The standard InChI is InChI=1S/C15H12O/c16-12-15-9-5-4-8-14(15)11-10-13-6-2-1-3-7-13/h1-9,16H,12H2. The molecule has 0 amide bonds. The Morgan fingerprint density at radius 1 is 0.812 bits per heavy atom. The first-order valence-electron chi connectivity index (χ1n) is 5.16. The molecule has 0 saturated heterocycles. The Morgan fingerprint density at radius 3 is 2.25 bits per heavy atom. The van der Waals surface area contributed by atoms with E-state index in [4.69, 9.17) is 5.11 Å². The molecule has 0 heterocycles. The van der Waals surface area contributed by atoms with Gasteiger partial charge >= 0.3 is 0 Å². The number of hydrogen-bond acceptors (Lipinski definition) is 1. The zero-order chi connectivity index (χ0) is 11.2. The van der Waals surface area contributed by atoms with Gasteiger partial charge in [0.1, 0.15) is 0 Å². The van der Waals surface area contributed by atoms with Crippen LogP contribution in [-0.2, 0) is 6.61 Å². The Hall–Kier alpha value is -2.04. The molecule has 78 valence electrons. The van der Waals surface area contributed by atoms with E-state index in [1.807, 2.05) is 54.6 Å². The highest BCUT2D eigenvalue weighted by molar-refractivity contribution is 5.46. The number of benzene rings is 2. The van der Waals surface area contributed by atoms with Crippen LogP contribution >= 0.6 is 0 Å². The summed E-state index contributed by atoms with van der Waals surface area (Å²) in [4.78, 5) is 0. The predicted molar refractivity (Wildman–Crippen MR) is 64.8 cm³/mol. The summed E-state index contributed by atoms with van der Waals surface area (Å²) in [6.45, 7) is 0.0274. The molecule has 0 aliphatic carbocycles. The molecule has 2 rings (SSSR count). The average Bonchev–Trinajstić information content (AvgIpc) is 2.38. The molecule has 0 aromatic heterocycles. The van der Waals surface area contributed by atoms with Crippen LogP contribution in [0, 0.1) is 11.8 Å². The van der Waals surface area contributed by atoms with Gasteiger partial charge in [-0.25, -0.2) is 0 Å². The van der Waals surface area contributed by atoms with Crippen molar-refractivity contribution in [1.29, 1.82) is 0 Å². The molecule has 0 fully saturated rings. The van der Waals surface area contributed by atoms with Crippen molar-refractivity contribution in [2.75, 3.05) is 0 Å². The second-order valence-corrected chi connectivity index (χ2v) is 3.43. The van der Waals surface area contributed by atoms with Crippen LogP contribution in [0.4, 0.5) is 0 Å². The summed E-state index contributed by atoms with van der Waals surface area (Å²) >= 11 is 0. The van der Waals surface area contributed by atoms with Gasteiger partial charge in [0.25, 0.3) is 0 Å². The Bertz CT molecular complexity index is 518. The molecule has 0 radical (unpaired) electrons. The summed E-state index contributed by atoms with van der Waals surface area (Å²) in [5.74, 6) is 6.14. The van der Waals surface area contributed by atoms with Crippen molar-refractivity contribution in [1.82, 2.24) is 0 Å². The van der Waals surface area contributed by atoms with Gasteiger partial charge in [0, 0.05) is 11.1 Å². The van der Waals surface area contributed by atoms with Gasteiger partial charge in [-0.15, -0.1) is 0 Å². The first kappa shape index (κ1) is 10.5. The summed E-state index contributed by atoms with van der Waals surface area (Å²) in [5, 5.41) is 9.15. The zero-order valence-electron chi connectivity index (χ0n) is 8.85. The molecule has 0 aliphatic rings. The van der Waals surface area contributed by atoms with E-state index in [9.17, 15) is 0 Å². The normalized spacial score (nSPS) is 9.31. The molecular weight excluding hydrogens is 196 g/mol. The van der Waals surface area contributed by atoms with Crippen LogP contribution in [0.1, 0.15) is 16.7 Å². The molecule has 2 aromatic carbocycles. The first-order chi connectivity index (χ1) is 7.90. The number of hydrogen-bond donors (Lipinski definition) is 1. The molecule has 0 saturated carbocycles. The molecule has 1 nitrogen and oxygen atoms in total. The van der Waals surface area contributed by atoms with Crippen molar-refractivity contribution in [3.63, 3.8) is 0 Å². The van der Waals surface area contributed by atoms with E-state index < -0.39 is 0 Å². The van der Waals surface area contributed by atoms with Gasteiger partial charge in [0.05, 0.1) is 6.61 Å². The van der Waals surface area contributed by atoms with Crippen molar-refractivity contribution in [2.24, 2.45) is 0 Å². The fourth-order valence-electron chi connectivity index (χ4n) is 1.44. The maximum atomic E-state index is 9.15. The lowest BCUT2D eigenvalue weighted by Crippen LogP contribution is -1.87. The molecule has 1 N–H and O–H groups in total. The Morgan fingerprint density at radius 2 is 1.50 bits per heavy atom. The van der Waals surface area contributed by atoms with Crippen LogP contribution in [0.3, 0.4) is 0 Å². The van der Waals surface area contributed by atoms with Gasteiger partial charge in [-0.2, -0.15) is 0 Å². The predicted octanol–water partition coefficient (Wildman–Crippen LogP) is 2.58. The van der Waals surface area contributed by atoms with Crippen molar-refractivity contribution in [3.8, 4) is 11.8 Å². The highest BCUT2D eigenvalue weighted by Crippen LogP contribution is 2.07. The molecule has 1 heteroatoms. The minimum Gasteiger partial charge on any atom is -0.392 e. The highest BCUT2D eigenvalue weighted by atomic mass is 16.3. The summed E-state index contributed by atoms with van der Waals surface area (Å²) in [6, 6.07) is 17.4. The second kappa shape index (κ2) is 5.16. The molecule has 2 aromatic rings. The van der Waals surface area contributed by atoms with Crippen LogP contribution in [0.25, 0.3) is 0 Å². The number of rotatable bonds is 1. The van der Waals surface area contributed by atoms with Crippen molar-refractivity contribution >= 4 is 0 Å². The van der Waals surface area contributed by atoms with Crippen LogP contribution in [0.5, 0.6) is 0 Å². The van der Waals surface area contributed by atoms with E-state index in [1.54, 1.807) is 0 Å². The van der Waals surface area contributed by atoms with Crippen molar-refractivity contribution in [3.05, 3.63) is 71.3 Å². The van der Waals surface area contributed by atoms with Crippen LogP contribution < -0.4 is 0 Å². The van der Waals surface area contributed by atoms with Gasteiger partial charge < -0.3 is 5.11 Å². The second-order valence-electron chi connectivity index (χ2n) is 3.43. The fraction of sp³-hybridized carbons (Fsp3) is 0.0667. The smallest absolute Gasteiger partial charge is 0.0694 e. The van der Waals surface area contributed by atoms with E-state index in [0.29, 0.717) is 0 Å². The molecule has 16 heavy (non-hydrogen) atoms. The molecule has 0 aliphatic heterocycles. The van der Waals surface area contributed by atoms with E-state index in [-0.39, 0.29) is 6.61 Å². The molecule has 0 unspecified atom stereocenters.